The molecule has 0 radical (unpaired) electrons. The van der Waals surface area contributed by atoms with Crippen molar-refractivity contribution in [1.29, 1.82) is 0 Å². The van der Waals surface area contributed by atoms with Gasteiger partial charge in [-0.25, -0.2) is 4.79 Å². The van der Waals surface area contributed by atoms with E-state index in [1.807, 2.05) is 0 Å². The Bertz CT molecular complexity index is 868. The van der Waals surface area contributed by atoms with Crippen molar-refractivity contribution in [3.8, 4) is 0 Å². The number of unbranched alkanes of at least 4 members (excludes halogenated alkanes) is 1. The van der Waals surface area contributed by atoms with E-state index >= 15 is 0 Å². The lowest BCUT2D eigenvalue weighted by molar-refractivity contribution is -0.142. The van der Waals surface area contributed by atoms with Gasteiger partial charge in [-0.05, 0) is 52.5 Å². The van der Waals surface area contributed by atoms with E-state index < -0.39 is 71.6 Å². The van der Waals surface area contributed by atoms with Crippen LogP contribution in [0.15, 0.2) is 0 Å². The van der Waals surface area contributed by atoms with Crippen LogP contribution >= 0.6 is 0 Å². The molecule has 38 heavy (non-hydrogen) atoms. The molecule has 13 N–H and O–H groups in total. The first-order valence-electron chi connectivity index (χ1n) is 12.2. The lowest BCUT2D eigenvalue weighted by Gasteiger charge is -2.24. The van der Waals surface area contributed by atoms with Crippen LogP contribution in [0.1, 0.15) is 58.8 Å². The summed E-state index contributed by atoms with van der Waals surface area (Å²) in [4.78, 5) is 83.5. The van der Waals surface area contributed by atoms with Crippen LogP contribution in [0.25, 0.3) is 0 Å². The molecule has 0 bridgehead atoms. The molecule has 0 fully saturated rings. The van der Waals surface area contributed by atoms with E-state index in [0.29, 0.717) is 19.4 Å². The van der Waals surface area contributed by atoms with Crippen LogP contribution in [0.4, 0.5) is 0 Å². The van der Waals surface area contributed by atoms with Gasteiger partial charge in [-0.15, -0.1) is 0 Å². The van der Waals surface area contributed by atoms with Crippen molar-refractivity contribution < 1.29 is 38.7 Å². The van der Waals surface area contributed by atoms with E-state index in [-0.39, 0.29) is 32.1 Å². The number of carboxylic acids is 1. The SMILES string of the molecule is C[C@H](NC(=O)[C@H](CCC(N)=O)NC(=O)[C@H](C)NC(=O)[C@@H](N)CCC(N)=O)C(=O)N[C@@H](CCCCN)C(=O)O. The van der Waals surface area contributed by atoms with Crippen molar-refractivity contribution in [1.82, 2.24) is 21.3 Å². The van der Waals surface area contributed by atoms with Gasteiger partial charge in [-0.2, -0.15) is 0 Å². The van der Waals surface area contributed by atoms with Gasteiger partial charge in [-0.3, -0.25) is 28.8 Å². The minimum absolute atomic E-state index is 0.0329. The van der Waals surface area contributed by atoms with Gasteiger partial charge in [0.2, 0.25) is 35.4 Å². The van der Waals surface area contributed by atoms with Crippen molar-refractivity contribution in [3.63, 3.8) is 0 Å². The van der Waals surface area contributed by atoms with Crippen molar-refractivity contribution in [2.45, 2.75) is 89.0 Å². The molecule has 0 aromatic rings. The molecule has 0 aliphatic carbocycles. The van der Waals surface area contributed by atoms with Crippen LogP contribution in [0.3, 0.4) is 0 Å². The predicted octanol–water partition coefficient (Wildman–Crippen LogP) is -3.96. The molecule has 0 heterocycles. The molecule has 0 aromatic carbocycles. The molecule has 0 aliphatic rings. The summed E-state index contributed by atoms with van der Waals surface area (Å²) in [5.74, 6) is -5.77. The number of nitrogens with two attached hydrogens (primary N) is 4. The van der Waals surface area contributed by atoms with Gasteiger partial charge in [0.15, 0.2) is 0 Å². The Balaban J connectivity index is 5.18. The Morgan fingerprint density at radius 1 is 0.658 bits per heavy atom. The molecule has 5 atom stereocenters. The molecular weight excluding hydrogens is 504 g/mol. The molecule has 0 rings (SSSR count). The number of nitrogens with one attached hydrogen (secondary N) is 4. The van der Waals surface area contributed by atoms with Crippen LogP contribution < -0.4 is 44.2 Å². The molecule has 0 saturated carbocycles. The van der Waals surface area contributed by atoms with Gasteiger partial charge in [0.1, 0.15) is 24.2 Å². The highest BCUT2D eigenvalue weighted by molar-refractivity contribution is 5.95. The van der Waals surface area contributed by atoms with Gasteiger partial charge in [-0.1, -0.05) is 0 Å². The number of carbonyl (C=O) groups is 7. The minimum atomic E-state index is -1.31. The third kappa shape index (κ3) is 14.1. The van der Waals surface area contributed by atoms with Crippen molar-refractivity contribution >= 4 is 41.4 Å². The number of hydrogen-bond donors (Lipinski definition) is 9. The van der Waals surface area contributed by atoms with E-state index in [2.05, 4.69) is 21.3 Å². The molecule has 0 aromatic heterocycles. The topological polar surface area (TPSA) is 292 Å². The van der Waals surface area contributed by atoms with Crippen LogP contribution in [0.2, 0.25) is 0 Å². The van der Waals surface area contributed by atoms with Gasteiger partial charge in [0.05, 0.1) is 6.04 Å². The van der Waals surface area contributed by atoms with Crippen molar-refractivity contribution in [2.24, 2.45) is 22.9 Å². The molecule has 0 aliphatic heterocycles. The van der Waals surface area contributed by atoms with E-state index in [1.165, 1.54) is 13.8 Å². The third-order valence-corrected chi connectivity index (χ3v) is 5.42. The highest BCUT2D eigenvalue weighted by Crippen LogP contribution is 2.03. The standard InChI is InChI=1S/C22H40N8O8/c1-11(27-20(35)13(24)6-8-16(25)31)18(33)29-14(7-9-17(26)32)21(36)28-12(2)19(34)30-15(22(37)38)5-3-4-10-23/h11-15H,3-10,23-24H2,1-2H3,(H2,25,31)(H2,26,32)(H,27,35)(H,28,36)(H,29,33)(H,30,34)(H,37,38)/t11-,12-,13-,14-,15-/m0/s1. The number of aliphatic carboxylic acids is 1. The molecule has 6 amide bonds. The van der Waals surface area contributed by atoms with E-state index in [4.69, 9.17) is 22.9 Å². The fraction of sp³-hybridized carbons (Fsp3) is 0.682. The van der Waals surface area contributed by atoms with E-state index in [9.17, 15) is 38.7 Å². The molecule has 0 unspecified atom stereocenters. The Labute approximate surface area is 220 Å². The molecular formula is C22H40N8O8. The average molecular weight is 545 g/mol. The minimum Gasteiger partial charge on any atom is -0.480 e. The highest BCUT2D eigenvalue weighted by Gasteiger charge is 2.29. The Morgan fingerprint density at radius 3 is 1.61 bits per heavy atom. The first kappa shape index (κ1) is 34.2. The summed E-state index contributed by atoms with van der Waals surface area (Å²) >= 11 is 0. The summed E-state index contributed by atoms with van der Waals surface area (Å²) in [6.07, 6.45) is 0.542. The average Bonchev–Trinajstić information content (AvgIpc) is 2.83. The molecule has 16 heteroatoms. The number of amides is 6. The number of carboxylic acid groups (broad SMARTS) is 1. The molecule has 216 valence electrons. The fourth-order valence-electron chi connectivity index (χ4n) is 3.09. The first-order chi connectivity index (χ1) is 17.7. The lowest BCUT2D eigenvalue weighted by Crippen LogP contribution is -2.57. The second-order valence-electron chi connectivity index (χ2n) is 8.82. The zero-order valence-electron chi connectivity index (χ0n) is 21.7. The zero-order chi connectivity index (χ0) is 29.4. The van der Waals surface area contributed by atoms with Crippen LogP contribution in [0, 0.1) is 0 Å². The third-order valence-electron chi connectivity index (χ3n) is 5.42. The van der Waals surface area contributed by atoms with Crippen molar-refractivity contribution in [2.75, 3.05) is 6.54 Å². The fourth-order valence-corrected chi connectivity index (χ4v) is 3.09. The highest BCUT2D eigenvalue weighted by atomic mass is 16.4. The normalized spacial score (nSPS) is 14.6. The Morgan fingerprint density at radius 2 is 1.13 bits per heavy atom. The number of hydrogen-bond acceptors (Lipinski definition) is 9. The summed E-state index contributed by atoms with van der Waals surface area (Å²) in [5.41, 5.74) is 21.2. The van der Waals surface area contributed by atoms with Gasteiger partial charge >= 0.3 is 5.97 Å². The van der Waals surface area contributed by atoms with Gasteiger partial charge in [0, 0.05) is 12.8 Å². The van der Waals surface area contributed by atoms with Gasteiger partial charge in [0.25, 0.3) is 0 Å². The van der Waals surface area contributed by atoms with Crippen molar-refractivity contribution in [3.05, 3.63) is 0 Å². The van der Waals surface area contributed by atoms with Gasteiger partial charge < -0.3 is 49.3 Å². The molecule has 0 saturated heterocycles. The number of rotatable bonds is 19. The number of carbonyl (C=O) groups excluding carboxylic acids is 6. The predicted molar refractivity (Wildman–Crippen MR) is 134 cm³/mol. The summed E-state index contributed by atoms with van der Waals surface area (Å²) in [6, 6.07) is -5.94. The maximum atomic E-state index is 12.8. The van der Waals surface area contributed by atoms with Crippen LogP contribution in [-0.4, -0.2) is 83.3 Å². The summed E-state index contributed by atoms with van der Waals surface area (Å²) in [6.45, 7) is 3.01. The monoisotopic (exact) mass is 544 g/mol. The first-order valence-corrected chi connectivity index (χ1v) is 12.2. The van der Waals surface area contributed by atoms with E-state index in [1.54, 1.807) is 0 Å². The molecule has 0 spiro atoms. The summed E-state index contributed by atoms with van der Waals surface area (Å²) in [5, 5.41) is 18.7. The number of primary amides is 2. The Hall–Kier alpha value is -3.79. The summed E-state index contributed by atoms with van der Waals surface area (Å²) < 4.78 is 0. The maximum absolute atomic E-state index is 12.8. The van der Waals surface area contributed by atoms with Crippen LogP contribution in [-0.2, 0) is 33.6 Å². The smallest absolute Gasteiger partial charge is 0.326 e. The summed E-state index contributed by atoms with van der Waals surface area (Å²) in [7, 11) is 0. The van der Waals surface area contributed by atoms with Crippen LogP contribution in [0.5, 0.6) is 0 Å². The second kappa shape index (κ2) is 17.6. The quantitative estimate of drug-likeness (QED) is 0.0710. The lowest BCUT2D eigenvalue weighted by atomic mass is 10.1. The Kier molecular flexibility index (Phi) is 15.9. The van der Waals surface area contributed by atoms with E-state index in [0.717, 1.165) is 0 Å². The molecule has 16 nitrogen and oxygen atoms in total. The maximum Gasteiger partial charge on any atom is 0.326 e. The second-order valence-corrected chi connectivity index (χ2v) is 8.82. The largest absolute Gasteiger partial charge is 0.480 e. The zero-order valence-corrected chi connectivity index (χ0v) is 21.7.